The first-order chi connectivity index (χ1) is 10.8. The summed E-state index contributed by atoms with van der Waals surface area (Å²) in [7, 11) is 0. The number of amides is 1. The number of carboxylic acids is 1. The molecule has 0 radical (unpaired) electrons. The van der Waals surface area contributed by atoms with E-state index in [1.54, 1.807) is 17.0 Å². The predicted octanol–water partition coefficient (Wildman–Crippen LogP) is 3.21. The average molecular weight is 321 g/mol. The molecule has 0 saturated carbocycles. The van der Waals surface area contributed by atoms with Gasteiger partial charge in [-0.1, -0.05) is 12.1 Å². The lowest BCUT2D eigenvalue weighted by Crippen LogP contribution is -2.48. The lowest BCUT2D eigenvalue weighted by Gasteiger charge is -2.38. The number of hydrogen-bond acceptors (Lipinski definition) is 2. The smallest absolute Gasteiger partial charge is 0.303 e. The summed E-state index contributed by atoms with van der Waals surface area (Å²) >= 11 is 0. The van der Waals surface area contributed by atoms with Gasteiger partial charge in [-0.2, -0.15) is 0 Å². The van der Waals surface area contributed by atoms with E-state index in [-0.39, 0.29) is 24.1 Å². The van der Waals surface area contributed by atoms with Crippen LogP contribution in [0.4, 0.5) is 4.39 Å². The zero-order valence-electron chi connectivity index (χ0n) is 13.7. The van der Waals surface area contributed by atoms with Crippen molar-refractivity contribution in [2.45, 2.75) is 44.9 Å². The summed E-state index contributed by atoms with van der Waals surface area (Å²) in [5, 5.41) is 8.81. The fourth-order valence-corrected chi connectivity index (χ4v) is 3.21. The van der Waals surface area contributed by atoms with E-state index in [0.29, 0.717) is 25.1 Å². The van der Waals surface area contributed by atoms with Crippen LogP contribution in [0.1, 0.15) is 45.1 Å². The summed E-state index contributed by atoms with van der Waals surface area (Å²) in [5.41, 5.74) is -0.133. The number of likely N-dealkylation sites (tertiary alicyclic amines) is 1. The van der Waals surface area contributed by atoms with Crippen molar-refractivity contribution in [3.05, 3.63) is 35.6 Å². The highest BCUT2D eigenvalue weighted by molar-refractivity contribution is 5.87. The zero-order valence-corrected chi connectivity index (χ0v) is 13.7. The lowest BCUT2D eigenvalue weighted by atomic mass is 9.82. The second kappa shape index (κ2) is 7.11. The second-order valence-electron chi connectivity index (χ2n) is 6.83. The molecule has 23 heavy (non-hydrogen) atoms. The highest BCUT2D eigenvalue weighted by Crippen LogP contribution is 2.29. The maximum absolute atomic E-state index is 13.5. The predicted molar refractivity (Wildman–Crippen MR) is 85.6 cm³/mol. The minimum absolute atomic E-state index is 0.0249. The van der Waals surface area contributed by atoms with Gasteiger partial charge in [0.15, 0.2) is 0 Å². The number of carboxylic acid groups (broad SMARTS) is 1. The Bertz CT molecular complexity index is 585. The molecule has 1 fully saturated rings. The van der Waals surface area contributed by atoms with Crippen molar-refractivity contribution in [1.29, 1.82) is 0 Å². The van der Waals surface area contributed by atoms with Gasteiger partial charge in [-0.05, 0) is 56.7 Å². The quantitative estimate of drug-likeness (QED) is 0.906. The first-order valence-corrected chi connectivity index (χ1v) is 8.08. The number of benzene rings is 1. The Morgan fingerprint density at radius 3 is 2.78 bits per heavy atom. The molecule has 1 aliphatic heterocycles. The van der Waals surface area contributed by atoms with Crippen molar-refractivity contribution in [2.24, 2.45) is 5.92 Å². The third-order valence-corrected chi connectivity index (χ3v) is 4.65. The molecule has 1 aromatic carbocycles. The zero-order chi connectivity index (χ0) is 17.0. The van der Waals surface area contributed by atoms with E-state index < -0.39 is 11.4 Å². The molecule has 1 saturated heterocycles. The first kappa shape index (κ1) is 17.4. The van der Waals surface area contributed by atoms with Gasteiger partial charge in [-0.25, -0.2) is 4.39 Å². The minimum Gasteiger partial charge on any atom is -0.481 e. The minimum atomic E-state index is -0.798. The molecule has 1 amide bonds. The Balaban J connectivity index is 2.07. The van der Waals surface area contributed by atoms with Gasteiger partial charge in [0.05, 0.1) is 5.41 Å². The van der Waals surface area contributed by atoms with Crippen molar-refractivity contribution >= 4 is 11.9 Å². The summed E-state index contributed by atoms with van der Waals surface area (Å²) in [6.45, 7) is 4.89. The van der Waals surface area contributed by atoms with Crippen molar-refractivity contribution in [3.63, 3.8) is 0 Å². The van der Waals surface area contributed by atoms with Crippen LogP contribution in [0.3, 0.4) is 0 Å². The summed E-state index contributed by atoms with van der Waals surface area (Å²) in [4.78, 5) is 25.4. The van der Waals surface area contributed by atoms with Gasteiger partial charge in [0.2, 0.25) is 5.91 Å². The summed E-state index contributed by atoms with van der Waals surface area (Å²) in [6, 6.07) is 6.16. The van der Waals surface area contributed by atoms with E-state index in [4.69, 9.17) is 5.11 Å². The summed E-state index contributed by atoms with van der Waals surface area (Å²) in [5.74, 6) is -0.940. The molecular formula is C18H24FNO3. The lowest BCUT2D eigenvalue weighted by molar-refractivity contribution is -0.138. The number of carbonyl (C=O) groups is 2. The molecule has 1 unspecified atom stereocenters. The molecule has 1 N–H and O–H groups in total. The largest absolute Gasteiger partial charge is 0.481 e. The molecule has 1 heterocycles. The van der Waals surface area contributed by atoms with E-state index >= 15 is 0 Å². The molecular weight excluding hydrogens is 297 g/mol. The number of hydrogen-bond donors (Lipinski definition) is 1. The topological polar surface area (TPSA) is 57.6 Å². The van der Waals surface area contributed by atoms with Crippen LogP contribution in [-0.4, -0.2) is 35.0 Å². The SMILES string of the molecule is CC(C)(C(=O)N1CCCC(CCC(=O)O)C1)c1cccc(F)c1. The molecule has 0 bridgehead atoms. The Morgan fingerprint density at radius 1 is 1.39 bits per heavy atom. The Labute approximate surface area is 136 Å². The second-order valence-corrected chi connectivity index (χ2v) is 6.83. The summed E-state index contributed by atoms with van der Waals surface area (Å²) < 4.78 is 13.5. The first-order valence-electron chi connectivity index (χ1n) is 8.08. The van der Waals surface area contributed by atoms with E-state index in [2.05, 4.69) is 0 Å². The Morgan fingerprint density at radius 2 is 2.13 bits per heavy atom. The molecule has 4 nitrogen and oxygen atoms in total. The fraction of sp³-hybridized carbons (Fsp3) is 0.556. The molecule has 126 valence electrons. The number of carbonyl (C=O) groups excluding carboxylic acids is 1. The van der Waals surface area contributed by atoms with Gasteiger partial charge in [-0.15, -0.1) is 0 Å². The van der Waals surface area contributed by atoms with Crippen LogP contribution in [0, 0.1) is 11.7 Å². The number of aliphatic carboxylic acids is 1. The van der Waals surface area contributed by atoms with Gasteiger partial charge < -0.3 is 10.0 Å². The average Bonchev–Trinajstić information content (AvgIpc) is 2.52. The van der Waals surface area contributed by atoms with Crippen molar-refractivity contribution in [1.82, 2.24) is 4.90 Å². The molecule has 1 aliphatic rings. The highest BCUT2D eigenvalue weighted by Gasteiger charge is 2.36. The fourth-order valence-electron chi connectivity index (χ4n) is 3.21. The number of piperidine rings is 1. The monoisotopic (exact) mass is 321 g/mol. The standard InChI is InChI=1S/C18H24FNO3/c1-18(2,14-6-3-7-15(19)11-14)17(23)20-10-4-5-13(12-20)8-9-16(21)22/h3,6-7,11,13H,4-5,8-10,12H2,1-2H3,(H,21,22). The van der Waals surface area contributed by atoms with Crippen molar-refractivity contribution in [2.75, 3.05) is 13.1 Å². The van der Waals surface area contributed by atoms with E-state index in [0.717, 1.165) is 12.8 Å². The molecule has 1 aromatic rings. The molecule has 0 aliphatic carbocycles. The van der Waals surface area contributed by atoms with Gasteiger partial charge in [0, 0.05) is 19.5 Å². The van der Waals surface area contributed by atoms with Gasteiger partial charge in [0.1, 0.15) is 5.82 Å². The van der Waals surface area contributed by atoms with Crippen molar-refractivity contribution < 1.29 is 19.1 Å². The molecule has 0 aromatic heterocycles. The van der Waals surface area contributed by atoms with Crippen molar-refractivity contribution in [3.8, 4) is 0 Å². The van der Waals surface area contributed by atoms with E-state index in [9.17, 15) is 14.0 Å². The Kier molecular flexibility index (Phi) is 5.39. The number of nitrogens with zero attached hydrogens (tertiary/aromatic N) is 1. The molecule has 2 rings (SSSR count). The maximum Gasteiger partial charge on any atom is 0.303 e. The number of halogens is 1. The maximum atomic E-state index is 13.5. The third kappa shape index (κ3) is 4.30. The molecule has 5 heteroatoms. The van der Waals surface area contributed by atoms with Crippen LogP contribution in [0.2, 0.25) is 0 Å². The third-order valence-electron chi connectivity index (χ3n) is 4.65. The molecule has 1 atom stereocenters. The van der Waals surface area contributed by atoms with Gasteiger partial charge in [0.25, 0.3) is 0 Å². The Hall–Kier alpha value is -1.91. The van der Waals surface area contributed by atoms with Crippen LogP contribution in [0.25, 0.3) is 0 Å². The normalized spacial score (nSPS) is 18.7. The van der Waals surface area contributed by atoms with Gasteiger partial charge >= 0.3 is 5.97 Å². The highest BCUT2D eigenvalue weighted by atomic mass is 19.1. The van der Waals surface area contributed by atoms with Crippen LogP contribution < -0.4 is 0 Å². The van der Waals surface area contributed by atoms with E-state index in [1.165, 1.54) is 12.1 Å². The van der Waals surface area contributed by atoms with Crippen LogP contribution >= 0.6 is 0 Å². The van der Waals surface area contributed by atoms with Gasteiger partial charge in [-0.3, -0.25) is 9.59 Å². The molecule has 0 spiro atoms. The van der Waals surface area contributed by atoms with Crippen LogP contribution in [0.15, 0.2) is 24.3 Å². The van der Waals surface area contributed by atoms with Crippen LogP contribution in [-0.2, 0) is 15.0 Å². The summed E-state index contributed by atoms with van der Waals surface area (Å²) in [6.07, 6.45) is 2.58. The number of rotatable bonds is 5. The van der Waals surface area contributed by atoms with E-state index in [1.807, 2.05) is 13.8 Å². The van der Waals surface area contributed by atoms with Crippen LogP contribution in [0.5, 0.6) is 0 Å².